The first-order valence-electron chi connectivity index (χ1n) is 5.47. The van der Waals surface area contributed by atoms with E-state index in [1.54, 1.807) is 0 Å². The van der Waals surface area contributed by atoms with Crippen LogP contribution < -0.4 is 5.73 Å². The van der Waals surface area contributed by atoms with Gasteiger partial charge in [0.05, 0.1) is 0 Å². The summed E-state index contributed by atoms with van der Waals surface area (Å²) in [5.41, 5.74) is 5.83. The molecule has 14 heavy (non-hydrogen) atoms. The van der Waals surface area contributed by atoms with Crippen LogP contribution in [0.3, 0.4) is 0 Å². The smallest absolute Gasteiger partial charge is 0.170 e. The summed E-state index contributed by atoms with van der Waals surface area (Å²) in [5.74, 6) is 0. The number of ether oxygens (including phenoxy) is 2. The molecule has 0 bridgehead atoms. The van der Waals surface area contributed by atoms with Crippen LogP contribution in [0.4, 0.5) is 0 Å². The Labute approximate surface area is 86.3 Å². The van der Waals surface area contributed by atoms with Crippen LogP contribution in [0, 0.1) is 0 Å². The molecule has 0 unspecified atom stereocenters. The average Bonchev–Trinajstić information content (AvgIpc) is 2.52. The van der Waals surface area contributed by atoms with Gasteiger partial charge >= 0.3 is 0 Å². The van der Waals surface area contributed by atoms with Crippen LogP contribution in [0.25, 0.3) is 0 Å². The third kappa shape index (κ3) is 3.92. The summed E-state index contributed by atoms with van der Waals surface area (Å²) in [6.45, 7) is 8.25. The number of rotatable bonds is 6. The first-order valence-corrected chi connectivity index (χ1v) is 5.47. The topological polar surface area (TPSA) is 47.7 Å². The van der Waals surface area contributed by atoms with Crippen molar-refractivity contribution in [3.05, 3.63) is 0 Å². The average molecular weight is 202 g/mol. The van der Waals surface area contributed by atoms with E-state index >= 15 is 0 Å². The van der Waals surface area contributed by atoms with Gasteiger partial charge in [0.15, 0.2) is 6.29 Å². The molecule has 1 rings (SSSR count). The first kappa shape index (κ1) is 11.9. The summed E-state index contributed by atoms with van der Waals surface area (Å²) in [6, 6.07) is 0.332. The Morgan fingerprint density at radius 3 is 2.43 bits per heavy atom. The molecule has 1 atom stereocenters. The van der Waals surface area contributed by atoms with E-state index in [0.29, 0.717) is 19.3 Å². The monoisotopic (exact) mass is 202 g/mol. The molecule has 2 N–H and O–H groups in total. The van der Waals surface area contributed by atoms with Gasteiger partial charge in [0.1, 0.15) is 0 Å². The molecule has 0 aromatic carbocycles. The lowest BCUT2D eigenvalue weighted by Crippen LogP contribution is -2.36. The second kappa shape index (κ2) is 6.35. The van der Waals surface area contributed by atoms with Crippen molar-refractivity contribution in [2.45, 2.75) is 32.6 Å². The quantitative estimate of drug-likeness (QED) is 0.634. The number of hydrogen-bond donors (Lipinski definition) is 1. The molecule has 1 saturated heterocycles. The summed E-state index contributed by atoms with van der Waals surface area (Å²) in [7, 11) is 0. The van der Waals surface area contributed by atoms with E-state index in [4.69, 9.17) is 15.2 Å². The van der Waals surface area contributed by atoms with Crippen LogP contribution in [0.5, 0.6) is 0 Å². The minimum absolute atomic E-state index is 0.0877. The summed E-state index contributed by atoms with van der Waals surface area (Å²) in [5, 5.41) is 0. The standard InChI is InChI=1S/C10H22N2O2/c1-3-13-10(14-4-2)8-12-6-5-9(11)7-12/h9-10H,3-8,11H2,1-2H3/t9-/m1/s1. The predicted octanol–water partition coefficient (Wildman–Crippen LogP) is 0.419. The van der Waals surface area contributed by atoms with Crippen LogP contribution in [0.2, 0.25) is 0 Å². The minimum atomic E-state index is -0.0877. The molecule has 1 aliphatic rings. The maximum absolute atomic E-state index is 5.83. The summed E-state index contributed by atoms with van der Waals surface area (Å²) in [4.78, 5) is 2.31. The van der Waals surface area contributed by atoms with Crippen molar-refractivity contribution in [2.75, 3.05) is 32.8 Å². The molecular weight excluding hydrogens is 180 g/mol. The summed E-state index contributed by atoms with van der Waals surface area (Å²) in [6.07, 6.45) is 1.00. The molecule has 84 valence electrons. The maximum Gasteiger partial charge on any atom is 0.170 e. The minimum Gasteiger partial charge on any atom is -0.352 e. The second-order valence-electron chi connectivity index (χ2n) is 3.65. The number of nitrogens with two attached hydrogens (primary N) is 1. The van der Waals surface area contributed by atoms with Crippen LogP contribution in [0.15, 0.2) is 0 Å². The molecule has 0 aromatic rings. The summed E-state index contributed by atoms with van der Waals surface area (Å²) < 4.78 is 10.9. The molecule has 0 aromatic heterocycles. The highest BCUT2D eigenvalue weighted by Gasteiger charge is 2.22. The van der Waals surface area contributed by atoms with Crippen molar-refractivity contribution in [1.82, 2.24) is 4.90 Å². The van der Waals surface area contributed by atoms with E-state index in [1.165, 1.54) is 0 Å². The van der Waals surface area contributed by atoms with Crippen LogP contribution >= 0.6 is 0 Å². The van der Waals surface area contributed by atoms with Crippen molar-refractivity contribution < 1.29 is 9.47 Å². The normalized spacial score (nSPS) is 23.6. The third-order valence-corrected chi connectivity index (χ3v) is 2.42. The number of likely N-dealkylation sites (tertiary alicyclic amines) is 1. The highest BCUT2D eigenvalue weighted by molar-refractivity contribution is 4.78. The van der Waals surface area contributed by atoms with E-state index in [-0.39, 0.29) is 6.29 Å². The molecule has 4 heteroatoms. The van der Waals surface area contributed by atoms with Gasteiger partial charge in [-0.05, 0) is 26.8 Å². The van der Waals surface area contributed by atoms with E-state index < -0.39 is 0 Å². The second-order valence-corrected chi connectivity index (χ2v) is 3.65. The van der Waals surface area contributed by atoms with E-state index in [1.807, 2.05) is 13.8 Å². The Hall–Kier alpha value is -0.160. The van der Waals surface area contributed by atoms with E-state index in [9.17, 15) is 0 Å². The molecule has 0 aliphatic carbocycles. The number of hydrogen-bond acceptors (Lipinski definition) is 4. The Bertz CT molecular complexity index is 149. The molecule has 0 spiro atoms. The van der Waals surface area contributed by atoms with Crippen molar-refractivity contribution in [3.63, 3.8) is 0 Å². The van der Waals surface area contributed by atoms with Gasteiger partial charge in [-0.3, -0.25) is 4.90 Å². The van der Waals surface area contributed by atoms with Gasteiger partial charge in [0.25, 0.3) is 0 Å². The molecule has 1 aliphatic heterocycles. The highest BCUT2D eigenvalue weighted by Crippen LogP contribution is 2.09. The largest absolute Gasteiger partial charge is 0.352 e. The zero-order chi connectivity index (χ0) is 10.4. The van der Waals surface area contributed by atoms with Gasteiger partial charge in [0, 0.05) is 32.3 Å². The summed E-state index contributed by atoms with van der Waals surface area (Å²) >= 11 is 0. The number of nitrogens with zero attached hydrogens (tertiary/aromatic N) is 1. The van der Waals surface area contributed by atoms with E-state index in [0.717, 1.165) is 26.1 Å². The Morgan fingerprint density at radius 1 is 1.36 bits per heavy atom. The van der Waals surface area contributed by atoms with E-state index in [2.05, 4.69) is 4.90 Å². The van der Waals surface area contributed by atoms with Gasteiger partial charge < -0.3 is 15.2 Å². The lowest BCUT2D eigenvalue weighted by Gasteiger charge is -2.23. The van der Waals surface area contributed by atoms with Gasteiger partial charge in [-0.1, -0.05) is 0 Å². The lowest BCUT2D eigenvalue weighted by molar-refractivity contribution is -0.145. The fourth-order valence-electron chi connectivity index (χ4n) is 1.76. The molecule has 1 heterocycles. The van der Waals surface area contributed by atoms with Crippen molar-refractivity contribution in [1.29, 1.82) is 0 Å². The molecule has 4 nitrogen and oxygen atoms in total. The fraction of sp³-hybridized carbons (Fsp3) is 1.00. The molecule has 0 amide bonds. The van der Waals surface area contributed by atoms with Crippen molar-refractivity contribution >= 4 is 0 Å². The van der Waals surface area contributed by atoms with Crippen LogP contribution in [-0.2, 0) is 9.47 Å². The van der Waals surface area contributed by atoms with Crippen LogP contribution in [-0.4, -0.2) is 50.1 Å². The Balaban J connectivity index is 2.24. The molecular formula is C10H22N2O2. The Kier molecular flexibility index (Phi) is 5.40. The fourth-order valence-corrected chi connectivity index (χ4v) is 1.76. The zero-order valence-corrected chi connectivity index (χ0v) is 9.24. The van der Waals surface area contributed by atoms with Gasteiger partial charge in [0.2, 0.25) is 0 Å². The predicted molar refractivity (Wildman–Crippen MR) is 56.1 cm³/mol. The van der Waals surface area contributed by atoms with Crippen molar-refractivity contribution in [3.8, 4) is 0 Å². The lowest BCUT2D eigenvalue weighted by atomic mass is 10.3. The SMILES string of the molecule is CCOC(CN1CC[C@@H](N)C1)OCC. The third-order valence-electron chi connectivity index (χ3n) is 2.42. The van der Waals surface area contributed by atoms with Gasteiger partial charge in [-0.25, -0.2) is 0 Å². The molecule has 0 saturated carbocycles. The Morgan fingerprint density at radius 2 is 2.00 bits per heavy atom. The van der Waals surface area contributed by atoms with Gasteiger partial charge in [-0.2, -0.15) is 0 Å². The first-order chi connectivity index (χ1) is 6.76. The van der Waals surface area contributed by atoms with Crippen LogP contribution in [0.1, 0.15) is 20.3 Å². The van der Waals surface area contributed by atoms with Crippen molar-refractivity contribution in [2.24, 2.45) is 5.73 Å². The molecule has 1 fully saturated rings. The zero-order valence-electron chi connectivity index (χ0n) is 9.24. The van der Waals surface area contributed by atoms with Gasteiger partial charge in [-0.15, -0.1) is 0 Å². The maximum atomic E-state index is 5.83. The highest BCUT2D eigenvalue weighted by atomic mass is 16.7. The molecule has 0 radical (unpaired) electrons.